The monoisotopic (exact) mass is 213 g/mol. The van der Waals surface area contributed by atoms with E-state index in [1.54, 1.807) is 0 Å². The van der Waals surface area contributed by atoms with Crippen molar-refractivity contribution in [2.45, 2.75) is 51.1 Å². The number of fused-ring (bicyclic) bond motifs is 2. The van der Waals surface area contributed by atoms with Crippen molar-refractivity contribution in [3.63, 3.8) is 0 Å². The SMILES string of the molecule is CSCCC(C)NC1CC2CCC1C2. The second-order valence-electron chi connectivity index (χ2n) is 5.13. The Bertz CT molecular complexity index is 183. The zero-order valence-electron chi connectivity index (χ0n) is 9.46. The van der Waals surface area contributed by atoms with Crippen LogP contribution in [0.1, 0.15) is 39.0 Å². The molecule has 4 unspecified atom stereocenters. The van der Waals surface area contributed by atoms with E-state index >= 15 is 0 Å². The largest absolute Gasteiger partial charge is 0.311 e. The van der Waals surface area contributed by atoms with E-state index in [-0.39, 0.29) is 0 Å². The Morgan fingerprint density at radius 3 is 2.79 bits per heavy atom. The van der Waals surface area contributed by atoms with Crippen LogP contribution in [-0.4, -0.2) is 24.1 Å². The molecule has 2 saturated carbocycles. The van der Waals surface area contributed by atoms with Gasteiger partial charge >= 0.3 is 0 Å². The Labute approximate surface area is 92.4 Å². The molecule has 2 aliphatic rings. The highest BCUT2D eigenvalue weighted by Crippen LogP contribution is 2.44. The van der Waals surface area contributed by atoms with Crippen molar-refractivity contribution in [2.24, 2.45) is 11.8 Å². The van der Waals surface area contributed by atoms with Crippen LogP contribution in [0.4, 0.5) is 0 Å². The van der Waals surface area contributed by atoms with Crippen molar-refractivity contribution in [1.82, 2.24) is 5.32 Å². The van der Waals surface area contributed by atoms with Crippen LogP contribution in [0.15, 0.2) is 0 Å². The fourth-order valence-electron chi connectivity index (χ4n) is 3.19. The molecule has 4 atom stereocenters. The third kappa shape index (κ3) is 2.46. The van der Waals surface area contributed by atoms with Gasteiger partial charge in [-0.3, -0.25) is 0 Å². The van der Waals surface area contributed by atoms with Gasteiger partial charge in [-0.15, -0.1) is 0 Å². The number of rotatable bonds is 5. The molecule has 0 aromatic rings. The molecule has 2 rings (SSSR count). The van der Waals surface area contributed by atoms with Crippen molar-refractivity contribution in [2.75, 3.05) is 12.0 Å². The molecule has 2 heteroatoms. The average Bonchev–Trinajstić information content (AvgIpc) is 2.76. The van der Waals surface area contributed by atoms with E-state index in [0.717, 1.165) is 23.9 Å². The smallest absolute Gasteiger partial charge is 0.0100 e. The first-order chi connectivity index (χ1) is 6.79. The minimum Gasteiger partial charge on any atom is -0.311 e. The highest BCUT2D eigenvalue weighted by molar-refractivity contribution is 7.98. The summed E-state index contributed by atoms with van der Waals surface area (Å²) in [5, 5.41) is 3.83. The lowest BCUT2D eigenvalue weighted by molar-refractivity contribution is 0.322. The molecule has 1 N–H and O–H groups in total. The molecule has 2 fully saturated rings. The van der Waals surface area contributed by atoms with E-state index in [2.05, 4.69) is 18.5 Å². The molecule has 0 aromatic carbocycles. The van der Waals surface area contributed by atoms with Crippen LogP contribution in [0.2, 0.25) is 0 Å². The van der Waals surface area contributed by atoms with Gasteiger partial charge in [-0.05, 0) is 56.5 Å². The van der Waals surface area contributed by atoms with Gasteiger partial charge in [0.25, 0.3) is 0 Å². The molecule has 0 spiro atoms. The van der Waals surface area contributed by atoms with Crippen molar-refractivity contribution < 1.29 is 0 Å². The van der Waals surface area contributed by atoms with E-state index < -0.39 is 0 Å². The quantitative estimate of drug-likeness (QED) is 0.753. The minimum absolute atomic E-state index is 0.729. The maximum atomic E-state index is 3.83. The predicted octanol–water partition coefficient (Wildman–Crippen LogP) is 2.91. The third-order valence-electron chi connectivity index (χ3n) is 3.99. The first kappa shape index (κ1) is 10.8. The summed E-state index contributed by atoms with van der Waals surface area (Å²) in [7, 11) is 0. The van der Waals surface area contributed by atoms with Gasteiger partial charge in [0, 0.05) is 12.1 Å². The Hall–Kier alpha value is 0.310. The van der Waals surface area contributed by atoms with Crippen LogP contribution in [0.3, 0.4) is 0 Å². The third-order valence-corrected chi connectivity index (χ3v) is 4.64. The summed E-state index contributed by atoms with van der Waals surface area (Å²) >= 11 is 1.96. The second kappa shape index (κ2) is 4.89. The number of hydrogen-bond acceptors (Lipinski definition) is 2. The summed E-state index contributed by atoms with van der Waals surface area (Å²) in [6.07, 6.45) is 9.53. The predicted molar refractivity (Wildman–Crippen MR) is 64.8 cm³/mol. The van der Waals surface area contributed by atoms with Crippen LogP contribution in [-0.2, 0) is 0 Å². The molecule has 0 radical (unpaired) electrons. The topological polar surface area (TPSA) is 12.0 Å². The molecule has 2 aliphatic carbocycles. The summed E-state index contributed by atoms with van der Waals surface area (Å²) in [5.41, 5.74) is 0. The van der Waals surface area contributed by atoms with Crippen LogP contribution in [0, 0.1) is 11.8 Å². The Balaban J connectivity index is 1.70. The summed E-state index contributed by atoms with van der Waals surface area (Å²) < 4.78 is 0. The van der Waals surface area contributed by atoms with Gasteiger partial charge < -0.3 is 5.32 Å². The number of hydrogen-bond donors (Lipinski definition) is 1. The van der Waals surface area contributed by atoms with Gasteiger partial charge in [0.1, 0.15) is 0 Å². The molecule has 1 nitrogen and oxygen atoms in total. The zero-order valence-corrected chi connectivity index (χ0v) is 10.3. The van der Waals surface area contributed by atoms with Gasteiger partial charge in [0.2, 0.25) is 0 Å². The lowest BCUT2D eigenvalue weighted by Gasteiger charge is -2.26. The lowest BCUT2D eigenvalue weighted by atomic mass is 9.94. The highest BCUT2D eigenvalue weighted by atomic mass is 32.2. The zero-order chi connectivity index (χ0) is 9.97. The molecule has 0 saturated heterocycles. The van der Waals surface area contributed by atoms with Gasteiger partial charge in [0.15, 0.2) is 0 Å². The van der Waals surface area contributed by atoms with Gasteiger partial charge in [-0.25, -0.2) is 0 Å². The standard InChI is InChI=1S/C12H23NS/c1-9(5-6-14-2)13-12-8-10-3-4-11(12)7-10/h9-13H,3-8H2,1-2H3. The fourth-order valence-corrected chi connectivity index (χ4v) is 3.78. The molecule has 14 heavy (non-hydrogen) atoms. The Morgan fingerprint density at radius 1 is 1.36 bits per heavy atom. The molecule has 82 valence electrons. The van der Waals surface area contributed by atoms with E-state index in [4.69, 9.17) is 0 Å². The van der Waals surface area contributed by atoms with Crippen molar-refractivity contribution in [3.05, 3.63) is 0 Å². The van der Waals surface area contributed by atoms with Crippen LogP contribution in [0.5, 0.6) is 0 Å². The van der Waals surface area contributed by atoms with Crippen molar-refractivity contribution in [3.8, 4) is 0 Å². The molecular weight excluding hydrogens is 190 g/mol. The molecule has 0 amide bonds. The van der Waals surface area contributed by atoms with E-state index in [1.165, 1.54) is 37.9 Å². The maximum Gasteiger partial charge on any atom is 0.0100 e. The van der Waals surface area contributed by atoms with Crippen molar-refractivity contribution >= 4 is 11.8 Å². The second-order valence-corrected chi connectivity index (χ2v) is 6.12. The summed E-state index contributed by atoms with van der Waals surface area (Å²) in [6, 6.07) is 1.59. The normalized spacial score (nSPS) is 37.7. The van der Waals surface area contributed by atoms with Crippen LogP contribution in [0.25, 0.3) is 0 Å². The first-order valence-electron chi connectivity index (χ1n) is 6.04. The first-order valence-corrected chi connectivity index (χ1v) is 7.44. The van der Waals surface area contributed by atoms with E-state index in [1.807, 2.05) is 11.8 Å². The average molecular weight is 213 g/mol. The van der Waals surface area contributed by atoms with Gasteiger partial charge in [-0.1, -0.05) is 6.42 Å². The van der Waals surface area contributed by atoms with Gasteiger partial charge in [-0.2, -0.15) is 11.8 Å². The molecule has 0 heterocycles. The summed E-state index contributed by atoms with van der Waals surface area (Å²) in [6.45, 7) is 2.35. The number of thioether (sulfide) groups is 1. The molecular formula is C12H23NS. The van der Waals surface area contributed by atoms with Gasteiger partial charge in [0.05, 0.1) is 0 Å². The summed E-state index contributed by atoms with van der Waals surface area (Å²) in [5.74, 6) is 3.40. The highest BCUT2D eigenvalue weighted by Gasteiger charge is 2.39. The molecule has 0 aromatic heterocycles. The Kier molecular flexibility index (Phi) is 3.78. The Morgan fingerprint density at radius 2 is 2.21 bits per heavy atom. The summed E-state index contributed by atoms with van der Waals surface area (Å²) in [4.78, 5) is 0. The van der Waals surface area contributed by atoms with Crippen LogP contribution < -0.4 is 5.32 Å². The van der Waals surface area contributed by atoms with E-state index in [9.17, 15) is 0 Å². The lowest BCUT2D eigenvalue weighted by Crippen LogP contribution is -2.40. The van der Waals surface area contributed by atoms with E-state index in [0.29, 0.717) is 0 Å². The molecule has 0 aliphatic heterocycles. The maximum absolute atomic E-state index is 3.83. The van der Waals surface area contributed by atoms with Crippen molar-refractivity contribution in [1.29, 1.82) is 0 Å². The minimum atomic E-state index is 0.729. The number of nitrogens with one attached hydrogen (secondary N) is 1. The molecule has 2 bridgehead atoms. The van der Waals surface area contributed by atoms with Crippen LogP contribution >= 0.6 is 11.8 Å². The fraction of sp³-hybridized carbons (Fsp3) is 1.00.